The normalized spacial score (nSPS) is 10.8. The highest BCUT2D eigenvalue weighted by molar-refractivity contribution is 9.10. The van der Waals surface area contributed by atoms with Crippen molar-refractivity contribution in [2.75, 3.05) is 0 Å². The number of fused-ring (bicyclic) bond motifs is 1. The fourth-order valence-electron chi connectivity index (χ4n) is 1.96. The van der Waals surface area contributed by atoms with Gasteiger partial charge in [-0.3, -0.25) is 9.59 Å². The number of H-pyrrole nitrogens is 1. The zero-order chi connectivity index (χ0) is 13.3. The van der Waals surface area contributed by atoms with Gasteiger partial charge in [0, 0.05) is 33.1 Å². The number of aromatic nitrogens is 1. The minimum Gasteiger partial charge on any atom is -0.481 e. The third kappa shape index (κ3) is 2.46. The van der Waals surface area contributed by atoms with Crippen molar-refractivity contribution in [3.8, 4) is 0 Å². The number of aromatic amines is 1. The minimum absolute atomic E-state index is 0.0383. The second-order valence-electron chi connectivity index (χ2n) is 4.14. The van der Waals surface area contributed by atoms with Crippen LogP contribution in [0.15, 0.2) is 27.5 Å². The summed E-state index contributed by atoms with van der Waals surface area (Å²) in [5.74, 6) is -0.900. The standard InChI is InChI=1S/C13H12BrNO3/c1-7-9(3-5-12(16)17)13(18)10-6-8(14)2-4-11(10)15-7/h2,4,6H,3,5H2,1H3,(H,15,18)(H,16,17). The van der Waals surface area contributed by atoms with E-state index in [1.165, 1.54) is 0 Å². The first-order valence-electron chi connectivity index (χ1n) is 5.52. The van der Waals surface area contributed by atoms with Crippen molar-refractivity contribution in [2.45, 2.75) is 19.8 Å². The Balaban J connectivity index is 2.60. The lowest BCUT2D eigenvalue weighted by atomic mass is 10.0. The summed E-state index contributed by atoms with van der Waals surface area (Å²) < 4.78 is 0.827. The molecule has 0 aliphatic rings. The van der Waals surface area contributed by atoms with Gasteiger partial charge in [0.1, 0.15) is 0 Å². The summed E-state index contributed by atoms with van der Waals surface area (Å²) in [6.45, 7) is 1.79. The number of benzene rings is 1. The molecule has 0 fully saturated rings. The molecule has 94 valence electrons. The Hall–Kier alpha value is -1.62. The van der Waals surface area contributed by atoms with Gasteiger partial charge in [0.05, 0.1) is 0 Å². The van der Waals surface area contributed by atoms with E-state index in [1.807, 2.05) is 12.1 Å². The molecule has 0 saturated heterocycles. The van der Waals surface area contributed by atoms with Crippen LogP contribution in [0.2, 0.25) is 0 Å². The van der Waals surface area contributed by atoms with Gasteiger partial charge in [-0.2, -0.15) is 0 Å². The van der Waals surface area contributed by atoms with Crippen LogP contribution in [0.4, 0.5) is 0 Å². The van der Waals surface area contributed by atoms with E-state index in [2.05, 4.69) is 20.9 Å². The topological polar surface area (TPSA) is 70.2 Å². The van der Waals surface area contributed by atoms with Gasteiger partial charge in [0.25, 0.3) is 0 Å². The highest BCUT2D eigenvalue weighted by atomic mass is 79.9. The minimum atomic E-state index is -0.900. The molecule has 0 spiro atoms. The van der Waals surface area contributed by atoms with Gasteiger partial charge in [0.2, 0.25) is 0 Å². The van der Waals surface area contributed by atoms with E-state index >= 15 is 0 Å². The van der Waals surface area contributed by atoms with Crippen molar-refractivity contribution in [1.82, 2.24) is 4.98 Å². The van der Waals surface area contributed by atoms with Crippen LogP contribution >= 0.6 is 15.9 Å². The molecule has 2 rings (SSSR count). The molecule has 1 aromatic carbocycles. The Labute approximate surface area is 112 Å². The molecule has 4 nitrogen and oxygen atoms in total. The van der Waals surface area contributed by atoms with Gasteiger partial charge >= 0.3 is 5.97 Å². The first kappa shape index (κ1) is 12.8. The number of aliphatic carboxylic acids is 1. The van der Waals surface area contributed by atoms with Gasteiger partial charge in [-0.25, -0.2) is 0 Å². The van der Waals surface area contributed by atoms with Gasteiger partial charge in [-0.05, 0) is 31.5 Å². The van der Waals surface area contributed by atoms with Crippen molar-refractivity contribution in [3.63, 3.8) is 0 Å². The number of pyridine rings is 1. The van der Waals surface area contributed by atoms with E-state index < -0.39 is 5.97 Å². The van der Waals surface area contributed by atoms with E-state index in [0.717, 1.165) is 15.7 Å². The SMILES string of the molecule is Cc1[nH]c2ccc(Br)cc2c(=O)c1CCC(=O)O. The van der Waals surface area contributed by atoms with Crippen molar-refractivity contribution >= 4 is 32.8 Å². The zero-order valence-electron chi connectivity index (χ0n) is 9.79. The van der Waals surface area contributed by atoms with Crippen molar-refractivity contribution < 1.29 is 9.90 Å². The van der Waals surface area contributed by atoms with Crippen LogP contribution in [-0.2, 0) is 11.2 Å². The number of carbonyl (C=O) groups is 1. The highest BCUT2D eigenvalue weighted by Crippen LogP contribution is 2.17. The largest absolute Gasteiger partial charge is 0.481 e. The summed E-state index contributed by atoms with van der Waals surface area (Å²) >= 11 is 3.32. The monoisotopic (exact) mass is 309 g/mol. The number of aryl methyl sites for hydroxylation is 1. The lowest BCUT2D eigenvalue weighted by Crippen LogP contribution is -2.14. The fourth-order valence-corrected chi connectivity index (χ4v) is 2.32. The van der Waals surface area contributed by atoms with E-state index in [9.17, 15) is 9.59 Å². The molecule has 0 bridgehead atoms. The lowest BCUT2D eigenvalue weighted by Gasteiger charge is -2.07. The van der Waals surface area contributed by atoms with E-state index in [1.54, 1.807) is 13.0 Å². The predicted molar refractivity (Wildman–Crippen MR) is 73.0 cm³/mol. The number of halogens is 1. The summed E-state index contributed by atoms with van der Waals surface area (Å²) in [6.07, 6.45) is 0.211. The molecule has 0 aliphatic carbocycles. The third-order valence-electron chi connectivity index (χ3n) is 2.86. The first-order chi connectivity index (χ1) is 8.49. The van der Waals surface area contributed by atoms with Crippen LogP contribution in [0.25, 0.3) is 10.9 Å². The van der Waals surface area contributed by atoms with Gasteiger partial charge in [0.15, 0.2) is 5.43 Å². The number of carboxylic acids is 1. The highest BCUT2D eigenvalue weighted by Gasteiger charge is 2.11. The zero-order valence-corrected chi connectivity index (χ0v) is 11.4. The van der Waals surface area contributed by atoms with Crippen molar-refractivity contribution in [1.29, 1.82) is 0 Å². The van der Waals surface area contributed by atoms with Crippen LogP contribution in [0.5, 0.6) is 0 Å². The number of hydrogen-bond donors (Lipinski definition) is 2. The maximum atomic E-state index is 12.3. The molecule has 0 atom stereocenters. The van der Waals surface area contributed by atoms with Gasteiger partial charge < -0.3 is 10.1 Å². The van der Waals surface area contributed by atoms with Crippen LogP contribution in [0, 0.1) is 6.92 Å². The number of nitrogens with one attached hydrogen (secondary N) is 1. The fraction of sp³-hybridized carbons (Fsp3) is 0.231. The molecule has 2 N–H and O–H groups in total. The number of hydrogen-bond acceptors (Lipinski definition) is 2. The van der Waals surface area contributed by atoms with Crippen molar-refractivity contribution in [3.05, 3.63) is 44.2 Å². The third-order valence-corrected chi connectivity index (χ3v) is 3.36. The molecular formula is C13H12BrNO3. The molecule has 18 heavy (non-hydrogen) atoms. The Morgan fingerprint density at radius 3 is 2.83 bits per heavy atom. The Morgan fingerprint density at radius 1 is 1.44 bits per heavy atom. The summed E-state index contributed by atoms with van der Waals surface area (Å²) in [5.41, 5.74) is 1.95. The smallest absolute Gasteiger partial charge is 0.303 e. The summed E-state index contributed by atoms with van der Waals surface area (Å²) in [6, 6.07) is 5.43. The Kier molecular flexibility index (Phi) is 3.52. The van der Waals surface area contributed by atoms with E-state index in [-0.39, 0.29) is 18.3 Å². The average Bonchev–Trinajstić information content (AvgIpc) is 2.30. The molecule has 0 aliphatic heterocycles. The maximum Gasteiger partial charge on any atom is 0.303 e. The van der Waals surface area contributed by atoms with Crippen LogP contribution in [0.1, 0.15) is 17.7 Å². The van der Waals surface area contributed by atoms with Gasteiger partial charge in [-0.15, -0.1) is 0 Å². The number of rotatable bonds is 3. The molecule has 0 amide bonds. The lowest BCUT2D eigenvalue weighted by molar-refractivity contribution is -0.136. The van der Waals surface area contributed by atoms with Crippen molar-refractivity contribution in [2.24, 2.45) is 0 Å². The molecule has 1 aromatic heterocycles. The first-order valence-corrected chi connectivity index (χ1v) is 6.31. The van der Waals surface area contributed by atoms with E-state index in [0.29, 0.717) is 10.9 Å². The molecule has 0 radical (unpaired) electrons. The average molecular weight is 310 g/mol. The summed E-state index contributed by atoms with van der Waals surface area (Å²) in [5, 5.41) is 9.27. The predicted octanol–water partition coefficient (Wildman–Crippen LogP) is 2.62. The van der Waals surface area contributed by atoms with Gasteiger partial charge in [-0.1, -0.05) is 15.9 Å². The molecule has 2 aromatic rings. The Morgan fingerprint density at radius 2 is 2.17 bits per heavy atom. The molecule has 5 heteroatoms. The summed E-state index contributed by atoms with van der Waals surface area (Å²) in [4.78, 5) is 26.0. The molecule has 1 heterocycles. The quantitative estimate of drug-likeness (QED) is 0.915. The number of carboxylic acid groups (broad SMARTS) is 1. The summed E-state index contributed by atoms with van der Waals surface area (Å²) in [7, 11) is 0. The Bertz CT molecular complexity index is 676. The molecule has 0 unspecified atom stereocenters. The molecular weight excluding hydrogens is 298 g/mol. The van der Waals surface area contributed by atoms with Crippen LogP contribution in [-0.4, -0.2) is 16.1 Å². The van der Waals surface area contributed by atoms with Crippen LogP contribution in [0.3, 0.4) is 0 Å². The van der Waals surface area contributed by atoms with Crippen LogP contribution < -0.4 is 5.43 Å². The second kappa shape index (κ2) is 4.94. The maximum absolute atomic E-state index is 12.3. The molecule has 0 saturated carbocycles. The second-order valence-corrected chi connectivity index (χ2v) is 5.06. The van der Waals surface area contributed by atoms with E-state index in [4.69, 9.17) is 5.11 Å².